The number of rotatable bonds is 6. The first kappa shape index (κ1) is 24.2. The van der Waals surface area contributed by atoms with Crippen molar-refractivity contribution >= 4 is 22.9 Å². The fourth-order valence-electron chi connectivity index (χ4n) is 5.59. The standard InChI is InChI=1S/C31H33N5O2/c1-3-38-25-15-13-24(14-16-25)29-28(22(2)32-31-33-26-11-7-8-12-27(26)36(29)31)30(37)35-19-17-34(18-20-35)21-23-9-5-4-6-10-23/h4-16,29H,3,17-21H2,1-2H3,(H,32,33)/t29-/m0/s1. The lowest BCUT2D eigenvalue weighted by molar-refractivity contribution is -0.129. The fourth-order valence-corrected chi connectivity index (χ4v) is 5.59. The minimum Gasteiger partial charge on any atom is -0.494 e. The first-order valence-electron chi connectivity index (χ1n) is 13.4. The van der Waals surface area contributed by atoms with Gasteiger partial charge in [-0.3, -0.25) is 14.3 Å². The largest absolute Gasteiger partial charge is 0.494 e. The van der Waals surface area contributed by atoms with E-state index in [2.05, 4.69) is 57.2 Å². The number of carbonyl (C=O) groups is 1. The number of hydrogen-bond donors (Lipinski definition) is 1. The average Bonchev–Trinajstić information content (AvgIpc) is 3.31. The summed E-state index contributed by atoms with van der Waals surface area (Å²) in [7, 11) is 0. The van der Waals surface area contributed by atoms with E-state index in [1.165, 1.54) is 5.56 Å². The molecule has 7 heteroatoms. The van der Waals surface area contributed by atoms with Gasteiger partial charge in [0.15, 0.2) is 0 Å². The maximum Gasteiger partial charge on any atom is 0.254 e. The number of carbonyl (C=O) groups excluding carboxylic acids is 1. The Labute approximate surface area is 223 Å². The number of amides is 1. The van der Waals surface area contributed by atoms with Crippen molar-refractivity contribution in [1.29, 1.82) is 0 Å². The summed E-state index contributed by atoms with van der Waals surface area (Å²) < 4.78 is 7.86. The predicted molar refractivity (Wildman–Crippen MR) is 150 cm³/mol. The third kappa shape index (κ3) is 4.54. The predicted octanol–water partition coefficient (Wildman–Crippen LogP) is 5.07. The van der Waals surface area contributed by atoms with Gasteiger partial charge in [0.2, 0.25) is 5.95 Å². The highest BCUT2D eigenvalue weighted by atomic mass is 16.5. The number of benzene rings is 3. The normalized spacial score (nSPS) is 17.8. The Bertz CT molecular complexity index is 1470. The minimum atomic E-state index is -0.288. The van der Waals surface area contributed by atoms with E-state index in [1.54, 1.807) is 0 Å². The molecule has 1 N–H and O–H groups in total. The Morgan fingerprint density at radius 1 is 0.947 bits per heavy atom. The van der Waals surface area contributed by atoms with Gasteiger partial charge in [-0.05, 0) is 49.2 Å². The maximum absolute atomic E-state index is 14.2. The van der Waals surface area contributed by atoms with Crippen molar-refractivity contribution in [2.75, 3.05) is 38.1 Å². The van der Waals surface area contributed by atoms with Gasteiger partial charge in [-0.25, -0.2) is 4.98 Å². The van der Waals surface area contributed by atoms with Gasteiger partial charge in [0, 0.05) is 38.4 Å². The molecular weight excluding hydrogens is 474 g/mol. The van der Waals surface area contributed by atoms with Crippen LogP contribution in [0.5, 0.6) is 5.75 Å². The monoisotopic (exact) mass is 507 g/mol. The average molecular weight is 508 g/mol. The fraction of sp³-hybridized carbons (Fsp3) is 0.290. The molecule has 4 aromatic rings. The summed E-state index contributed by atoms with van der Waals surface area (Å²) in [6, 6.07) is 26.4. The zero-order chi connectivity index (χ0) is 26.1. The van der Waals surface area contributed by atoms with Gasteiger partial charge in [0.1, 0.15) is 5.75 Å². The van der Waals surface area contributed by atoms with Crippen LogP contribution in [0.4, 0.5) is 5.95 Å². The number of aromatic nitrogens is 2. The van der Waals surface area contributed by atoms with E-state index < -0.39 is 0 Å². The van der Waals surface area contributed by atoms with Gasteiger partial charge in [0.25, 0.3) is 5.91 Å². The molecule has 1 atom stereocenters. The quantitative estimate of drug-likeness (QED) is 0.395. The Hall–Kier alpha value is -4.10. The van der Waals surface area contributed by atoms with Gasteiger partial charge in [-0.2, -0.15) is 0 Å². The molecule has 6 rings (SSSR count). The zero-order valence-corrected chi connectivity index (χ0v) is 21.9. The van der Waals surface area contributed by atoms with Crippen molar-refractivity contribution in [3.63, 3.8) is 0 Å². The van der Waals surface area contributed by atoms with Crippen LogP contribution in [0.2, 0.25) is 0 Å². The summed E-state index contributed by atoms with van der Waals surface area (Å²) in [5.41, 5.74) is 5.85. The molecule has 2 aliphatic rings. The molecule has 38 heavy (non-hydrogen) atoms. The van der Waals surface area contributed by atoms with Crippen LogP contribution in [-0.2, 0) is 11.3 Å². The molecule has 0 bridgehead atoms. The molecule has 0 radical (unpaired) electrons. The molecule has 3 aromatic carbocycles. The Balaban J connectivity index is 1.31. The number of allylic oxidation sites excluding steroid dienone is 1. The van der Waals surface area contributed by atoms with Crippen molar-refractivity contribution < 1.29 is 9.53 Å². The summed E-state index contributed by atoms with van der Waals surface area (Å²) in [6.45, 7) is 8.61. The van der Waals surface area contributed by atoms with E-state index in [4.69, 9.17) is 9.72 Å². The van der Waals surface area contributed by atoms with E-state index in [-0.39, 0.29) is 11.9 Å². The van der Waals surface area contributed by atoms with Crippen molar-refractivity contribution in [2.45, 2.75) is 26.4 Å². The third-order valence-electron chi connectivity index (χ3n) is 7.48. The lowest BCUT2D eigenvalue weighted by Gasteiger charge is -2.38. The van der Waals surface area contributed by atoms with E-state index >= 15 is 0 Å². The maximum atomic E-state index is 14.2. The first-order valence-corrected chi connectivity index (χ1v) is 13.4. The zero-order valence-electron chi connectivity index (χ0n) is 21.9. The molecule has 1 saturated heterocycles. The summed E-state index contributed by atoms with van der Waals surface area (Å²) in [6.07, 6.45) is 0. The minimum absolute atomic E-state index is 0.0803. The molecule has 1 amide bonds. The van der Waals surface area contributed by atoms with Gasteiger partial charge < -0.3 is 15.0 Å². The Morgan fingerprint density at radius 2 is 1.66 bits per heavy atom. The number of hydrogen-bond acceptors (Lipinski definition) is 5. The second-order valence-electron chi connectivity index (χ2n) is 9.92. The Kier molecular flexibility index (Phi) is 6.60. The smallest absolute Gasteiger partial charge is 0.254 e. The molecule has 0 unspecified atom stereocenters. The van der Waals surface area contributed by atoms with Gasteiger partial charge >= 0.3 is 0 Å². The second kappa shape index (κ2) is 10.3. The van der Waals surface area contributed by atoms with E-state index in [0.717, 1.165) is 59.2 Å². The molecule has 0 spiro atoms. The van der Waals surface area contributed by atoms with Crippen LogP contribution < -0.4 is 10.1 Å². The van der Waals surface area contributed by atoms with E-state index in [9.17, 15) is 4.79 Å². The molecule has 0 saturated carbocycles. The van der Waals surface area contributed by atoms with Crippen LogP contribution in [0.3, 0.4) is 0 Å². The van der Waals surface area contributed by atoms with Gasteiger partial charge in [0.05, 0.1) is 29.3 Å². The van der Waals surface area contributed by atoms with Crippen molar-refractivity contribution in [3.8, 4) is 5.75 Å². The highest BCUT2D eigenvalue weighted by Gasteiger charge is 2.36. The van der Waals surface area contributed by atoms with Crippen LogP contribution in [-0.4, -0.2) is 58.0 Å². The lowest BCUT2D eigenvalue weighted by Crippen LogP contribution is -2.49. The van der Waals surface area contributed by atoms with E-state index in [1.807, 2.05) is 55.1 Å². The molecule has 1 fully saturated rings. The summed E-state index contributed by atoms with van der Waals surface area (Å²) >= 11 is 0. The van der Waals surface area contributed by atoms with Crippen molar-refractivity contribution in [1.82, 2.24) is 19.4 Å². The first-order chi connectivity index (χ1) is 18.6. The van der Waals surface area contributed by atoms with Crippen molar-refractivity contribution in [2.24, 2.45) is 0 Å². The molecule has 0 aliphatic carbocycles. The number of piperazine rings is 1. The number of imidazole rings is 1. The lowest BCUT2D eigenvalue weighted by atomic mass is 9.93. The molecule has 2 aliphatic heterocycles. The van der Waals surface area contributed by atoms with Gasteiger partial charge in [-0.1, -0.05) is 54.6 Å². The van der Waals surface area contributed by atoms with Crippen LogP contribution in [0, 0.1) is 0 Å². The van der Waals surface area contributed by atoms with E-state index in [0.29, 0.717) is 19.7 Å². The summed E-state index contributed by atoms with van der Waals surface area (Å²) in [4.78, 5) is 23.5. The van der Waals surface area contributed by atoms with Crippen LogP contribution in [0.25, 0.3) is 11.0 Å². The summed E-state index contributed by atoms with van der Waals surface area (Å²) in [5, 5.41) is 3.44. The molecule has 7 nitrogen and oxygen atoms in total. The molecular formula is C31H33N5O2. The van der Waals surface area contributed by atoms with Gasteiger partial charge in [-0.15, -0.1) is 0 Å². The van der Waals surface area contributed by atoms with Crippen molar-refractivity contribution in [3.05, 3.63) is 101 Å². The van der Waals surface area contributed by atoms with Crippen LogP contribution >= 0.6 is 0 Å². The molecule has 194 valence electrons. The number of anilines is 1. The second-order valence-corrected chi connectivity index (χ2v) is 9.92. The topological polar surface area (TPSA) is 62.6 Å². The highest BCUT2D eigenvalue weighted by molar-refractivity contribution is 5.98. The number of ether oxygens (including phenoxy) is 1. The molecule has 3 heterocycles. The van der Waals surface area contributed by atoms with Crippen LogP contribution in [0.1, 0.15) is 31.0 Å². The highest BCUT2D eigenvalue weighted by Crippen LogP contribution is 2.40. The number of fused-ring (bicyclic) bond motifs is 3. The Morgan fingerprint density at radius 3 is 2.39 bits per heavy atom. The molecule has 1 aromatic heterocycles. The number of para-hydroxylation sites is 2. The summed E-state index contributed by atoms with van der Waals surface area (Å²) in [5.74, 6) is 1.66. The number of nitrogens with one attached hydrogen (secondary N) is 1. The number of nitrogens with zero attached hydrogens (tertiary/aromatic N) is 4. The van der Waals surface area contributed by atoms with Crippen LogP contribution in [0.15, 0.2) is 90.1 Å². The SMILES string of the molecule is CCOc1ccc([C@H]2C(C(=O)N3CCN(Cc4ccccc4)CC3)=C(C)Nc3nc4ccccc4n32)cc1. The third-order valence-corrected chi connectivity index (χ3v) is 7.48.